The SMILES string of the molecule is CN1CC(N2CC(C#N)C2)C1. The molecule has 3 nitrogen and oxygen atoms in total. The first-order chi connectivity index (χ1) is 5.29. The smallest absolute Gasteiger partial charge is 0.0717 e. The van der Waals surface area contributed by atoms with Crippen molar-refractivity contribution in [1.29, 1.82) is 5.26 Å². The molecular weight excluding hydrogens is 138 g/mol. The number of nitrogens with zero attached hydrogens (tertiary/aromatic N) is 3. The van der Waals surface area contributed by atoms with Crippen LogP contribution >= 0.6 is 0 Å². The van der Waals surface area contributed by atoms with Crippen molar-refractivity contribution in [2.75, 3.05) is 33.2 Å². The molecule has 0 bridgehead atoms. The molecule has 2 fully saturated rings. The van der Waals surface area contributed by atoms with E-state index in [1.165, 1.54) is 13.1 Å². The first-order valence-electron chi connectivity index (χ1n) is 4.12. The summed E-state index contributed by atoms with van der Waals surface area (Å²) >= 11 is 0. The van der Waals surface area contributed by atoms with Crippen molar-refractivity contribution in [2.45, 2.75) is 6.04 Å². The highest BCUT2D eigenvalue weighted by molar-refractivity contribution is 5.00. The molecular formula is C8H13N3. The van der Waals surface area contributed by atoms with Crippen LogP contribution < -0.4 is 0 Å². The Morgan fingerprint density at radius 2 is 1.91 bits per heavy atom. The zero-order chi connectivity index (χ0) is 7.84. The van der Waals surface area contributed by atoms with Crippen LogP contribution in [0.3, 0.4) is 0 Å². The van der Waals surface area contributed by atoms with Crippen LogP contribution in [0.15, 0.2) is 0 Å². The molecule has 0 spiro atoms. The number of rotatable bonds is 1. The molecule has 2 saturated heterocycles. The summed E-state index contributed by atoms with van der Waals surface area (Å²) in [7, 11) is 2.14. The van der Waals surface area contributed by atoms with Gasteiger partial charge in [0.05, 0.1) is 12.0 Å². The summed E-state index contributed by atoms with van der Waals surface area (Å²) in [5, 5.41) is 8.54. The Balaban J connectivity index is 1.72. The first kappa shape index (κ1) is 7.08. The molecule has 11 heavy (non-hydrogen) atoms. The van der Waals surface area contributed by atoms with Crippen molar-refractivity contribution in [2.24, 2.45) is 5.92 Å². The minimum atomic E-state index is 0.320. The van der Waals surface area contributed by atoms with E-state index >= 15 is 0 Å². The highest BCUT2D eigenvalue weighted by atomic mass is 15.3. The van der Waals surface area contributed by atoms with Crippen molar-refractivity contribution in [3.05, 3.63) is 0 Å². The van der Waals surface area contributed by atoms with E-state index in [0.29, 0.717) is 5.92 Å². The molecule has 0 radical (unpaired) electrons. The van der Waals surface area contributed by atoms with E-state index in [-0.39, 0.29) is 0 Å². The summed E-state index contributed by atoms with van der Waals surface area (Å²) in [6.45, 7) is 4.40. The molecule has 60 valence electrons. The lowest BCUT2D eigenvalue weighted by Gasteiger charge is -2.49. The Bertz CT molecular complexity index is 184. The van der Waals surface area contributed by atoms with E-state index in [1.54, 1.807) is 0 Å². The Labute approximate surface area is 67.2 Å². The van der Waals surface area contributed by atoms with Gasteiger partial charge in [0, 0.05) is 32.2 Å². The zero-order valence-corrected chi connectivity index (χ0v) is 6.82. The van der Waals surface area contributed by atoms with Gasteiger partial charge < -0.3 is 4.90 Å². The maximum absolute atomic E-state index is 8.54. The lowest BCUT2D eigenvalue weighted by Crippen LogP contribution is -2.63. The number of likely N-dealkylation sites (N-methyl/N-ethyl adjacent to an activating group) is 1. The third-order valence-electron chi connectivity index (χ3n) is 2.65. The maximum atomic E-state index is 8.54. The van der Waals surface area contributed by atoms with Gasteiger partial charge in [-0.1, -0.05) is 0 Å². The van der Waals surface area contributed by atoms with Crippen molar-refractivity contribution in [3.63, 3.8) is 0 Å². The number of likely N-dealkylation sites (tertiary alicyclic amines) is 2. The normalized spacial score (nSPS) is 29.1. The zero-order valence-electron chi connectivity index (χ0n) is 6.82. The van der Waals surface area contributed by atoms with Crippen molar-refractivity contribution in [3.8, 4) is 6.07 Å². The number of hydrogen-bond acceptors (Lipinski definition) is 3. The molecule has 0 amide bonds. The highest BCUT2D eigenvalue weighted by Gasteiger charge is 2.37. The third kappa shape index (κ3) is 1.13. The van der Waals surface area contributed by atoms with E-state index in [1.807, 2.05) is 0 Å². The van der Waals surface area contributed by atoms with E-state index in [9.17, 15) is 0 Å². The van der Waals surface area contributed by atoms with Gasteiger partial charge in [0.15, 0.2) is 0 Å². The molecule has 2 aliphatic rings. The summed E-state index contributed by atoms with van der Waals surface area (Å²) in [5.41, 5.74) is 0. The second-order valence-electron chi connectivity index (χ2n) is 3.65. The molecule has 0 aliphatic carbocycles. The largest absolute Gasteiger partial charge is 0.303 e. The average molecular weight is 151 g/mol. The van der Waals surface area contributed by atoms with E-state index in [0.717, 1.165) is 19.1 Å². The molecule has 0 N–H and O–H groups in total. The van der Waals surface area contributed by atoms with E-state index < -0.39 is 0 Å². The summed E-state index contributed by atoms with van der Waals surface area (Å²) in [5.74, 6) is 0.320. The molecule has 2 rings (SSSR count). The Morgan fingerprint density at radius 1 is 1.27 bits per heavy atom. The molecule has 0 saturated carbocycles. The van der Waals surface area contributed by atoms with Crippen molar-refractivity contribution >= 4 is 0 Å². The van der Waals surface area contributed by atoms with E-state index in [4.69, 9.17) is 5.26 Å². The van der Waals surface area contributed by atoms with Gasteiger partial charge in [0.1, 0.15) is 0 Å². The second kappa shape index (κ2) is 2.47. The van der Waals surface area contributed by atoms with Crippen LogP contribution in [0, 0.1) is 17.2 Å². The molecule has 0 aromatic carbocycles. The van der Waals surface area contributed by atoms with Gasteiger partial charge >= 0.3 is 0 Å². The summed E-state index contributed by atoms with van der Waals surface area (Å²) in [6.07, 6.45) is 0. The number of nitriles is 1. The second-order valence-corrected chi connectivity index (χ2v) is 3.65. The molecule has 0 unspecified atom stereocenters. The molecule has 0 atom stereocenters. The van der Waals surface area contributed by atoms with Gasteiger partial charge in [-0.05, 0) is 7.05 Å². The molecule has 0 aromatic rings. The predicted molar refractivity (Wildman–Crippen MR) is 42.0 cm³/mol. The minimum Gasteiger partial charge on any atom is -0.303 e. The quantitative estimate of drug-likeness (QED) is 0.518. The molecule has 0 aromatic heterocycles. The molecule has 2 heterocycles. The van der Waals surface area contributed by atoms with Gasteiger partial charge in [-0.3, -0.25) is 4.90 Å². The fourth-order valence-corrected chi connectivity index (χ4v) is 1.79. The van der Waals surface area contributed by atoms with Gasteiger partial charge in [0.2, 0.25) is 0 Å². The Kier molecular flexibility index (Phi) is 1.59. The molecule has 3 heteroatoms. The monoisotopic (exact) mass is 151 g/mol. The van der Waals surface area contributed by atoms with Gasteiger partial charge in [-0.2, -0.15) is 5.26 Å². The topological polar surface area (TPSA) is 30.3 Å². The lowest BCUT2D eigenvalue weighted by molar-refractivity contribution is -0.00526. The fraction of sp³-hybridized carbons (Fsp3) is 0.875. The van der Waals surface area contributed by atoms with Crippen LogP contribution in [-0.4, -0.2) is 49.1 Å². The van der Waals surface area contributed by atoms with Crippen LogP contribution in [0.1, 0.15) is 0 Å². The average Bonchev–Trinajstić information content (AvgIpc) is 1.81. The van der Waals surface area contributed by atoms with Crippen LogP contribution in [0.5, 0.6) is 0 Å². The number of hydrogen-bond donors (Lipinski definition) is 0. The lowest BCUT2D eigenvalue weighted by atomic mass is 9.96. The van der Waals surface area contributed by atoms with Crippen molar-refractivity contribution in [1.82, 2.24) is 9.80 Å². The van der Waals surface area contributed by atoms with E-state index in [2.05, 4.69) is 22.9 Å². The summed E-state index contributed by atoms with van der Waals surface area (Å²) in [4.78, 5) is 4.72. The minimum absolute atomic E-state index is 0.320. The fourth-order valence-electron chi connectivity index (χ4n) is 1.79. The van der Waals surface area contributed by atoms with Gasteiger partial charge in [-0.15, -0.1) is 0 Å². The molecule has 2 aliphatic heterocycles. The highest BCUT2D eigenvalue weighted by Crippen LogP contribution is 2.22. The maximum Gasteiger partial charge on any atom is 0.0717 e. The van der Waals surface area contributed by atoms with Gasteiger partial charge in [0.25, 0.3) is 0 Å². The standard InChI is InChI=1S/C8H13N3/c1-10-5-8(6-10)11-3-7(2-9)4-11/h7-8H,3-6H2,1H3. The summed E-state index contributed by atoms with van der Waals surface area (Å²) in [6, 6.07) is 3.04. The first-order valence-corrected chi connectivity index (χ1v) is 4.12. The van der Waals surface area contributed by atoms with Crippen molar-refractivity contribution < 1.29 is 0 Å². The Morgan fingerprint density at radius 3 is 2.36 bits per heavy atom. The summed E-state index contributed by atoms with van der Waals surface area (Å²) < 4.78 is 0. The van der Waals surface area contributed by atoms with Crippen LogP contribution in [0.2, 0.25) is 0 Å². The predicted octanol–water partition coefficient (Wildman–Crippen LogP) is -0.244. The van der Waals surface area contributed by atoms with Crippen LogP contribution in [0.25, 0.3) is 0 Å². The Hall–Kier alpha value is -0.590. The van der Waals surface area contributed by atoms with Gasteiger partial charge in [-0.25, -0.2) is 0 Å². The third-order valence-corrected chi connectivity index (χ3v) is 2.65. The van der Waals surface area contributed by atoms with Crippen LogP contribution in [0.4, 0.5) is 0 Å². The van der Waals surface area contributed by atoms with Crippen LogP contribution in [-0.2, 0) is 0 Å².